The van der Waals surface area contributed by atoms with E-state index in [-0.39, 0.29) is 0 Å². The van der Waals surface area contributed by atoms with Crippen LogP contribution in [0, 0.1) is 5.92 Å². The van der Waals surface area contributed by atoms with Gasteiger partial charge in [-0.1, -0.05) is 19.9 Å². The van der Waals surface area contributed by atoms with Gasteiger partial charge in [-0.2, -0.15) is 0 Å². The molecular weight excluding hydrogens is 136 g/mol. The summed E-state index contributed by atoms with van der Waals surface area (Å²) in [5, 5.41) is 3.11. The zero-order valence-corrected chi connectivity index (χ0v) is 8.10. The summed E-state index contributed by atoms with van der Waals surface area (Å²) in [5.74, 6) is 0.485. The monoisotopic (exact) mass is 154 g/mol. The van der Waals surface area contributed by atoms with E-state index in [0.29, 0.717) is 5.92 Å². The fourth-order valence-corrected chi connectivity index (χ4v) is 1.11. The number of rotatable bonds is 3. The number of aliphatic imine (C=N–C) groups is 1. The van der Waals surface area contributed by atoms with Crippen LogP contribution in [-0.2, 0) is 0 Å². The molecule has 0 unspecified atom stereocenters. The van der Waals surface area contributed by atoms with E-state index in [4.69, 9.17) is 0 Å². The summed E-state index contributed by atoms with van der Waals surface area (Å²) < 4.78 is 0. The van der Waals surface area contributed by atoms with E-state index in [1.165, 1.54) is 0 Å². The summed E-state index contributed by atoms with van der Waals surface area (Å²) in [4.78, 5) is 4.22. The summed E-state index contributed by atoms with van der Waals surface area (Å²) in [6.07, 6.45) is 2.04. The van der Waals surface area contributed by atoms with Crippen molar-refractivity contribution < 1.29 is 0 Å². The Morgan fingerprint density at radius 2 is 2.00 bits per heavy atom. The lowest BCUT2D eigenvalue weighted by atomic mass is 10.1. The molecule has 0 heterocycles. The highest BCUT2D eigenvalue weighted by atomic mass is 14.9. The van der Waals surface area contributed by atoms with Crippen LogP contribution in [0.25, 0.3) is 0 Å². The van der Waals surface area contributed by atoms with Gasteiger partial charge in [0, 0.05) is 14.1 Å². The Morgan fingerprint density at radius 1 is 1.45 bits per heavy atom. The molecular formula is C9H18N2. The van der Waals surface area contributed by atoms with E-state index < -0.39 is 0 Å². The first kappa shape index (κ1) is 10.2. The molecule has 64 valence electrons. The Labute approximate surface area is 69.4 Å². The van der Waals surface area contributed by atoms with Crippen molar-refractivity contribution in [1.82, 2.24) is 5.32 Å². The Kier molecular flexibility index (Phi) is 4.59. The van der Waals surface area contributed by atoms with E-state index in [0.717, 1.165) is 11.4 Å². The third-order valence-corrected chi connectivity index (χ3v) is 1.62. The minimum absolute atomic E-state index is 0.485. The van der Waals surface area contributed by atoms with Gasteiger partial charge < -0.3 is 5.32 Å². The van der Waals surface area contributed by atoms with Gasteiger partial charge in [0.1, 0.15) is 0 Å². The van der Waals surface area contributed by atoms with Gasteiger partial charge in [0.25, 0.3) is 0 Å². The Morgan fingerprint density at radius 3 is 2.09 bits per heavy atom. The highest BCUT2D eigenvalue weighted by Gasteiger charge is 2.06. The molecule has 1 N–H and O–H groups in total. The zero-order valence-electron chi connectivity index (χ0n) is 8.10. The first-order valence-corrected chi connectivity index (χ1v) is 3.98. The maximum Gasteiger partial charge on any atom is 0.0597 e. The number of hydrogen-bond acceptors (Lipinski definition) is 2. The highest BCUT2D eigenvalue weighted by molar-refractivity contribution is 6.00. The molecule has 0 spiro atoms. The predicted molar refractivity (Wildman–Crippen MR) is 51.0 cm³/mol. The molecule has 0 saturated carbocycles. The molecule has 0 aliphatic heterocycles. The molecule has 0 aromatic rings. The van der Waals surface area contributed by atoms with Crippen LogP contribution < -0.4 is 5.32 Å². The van der Waals surface area contributed by atoms with Gasteiger partial charge in [-0.05, 0) is 12.8 Å². The molecule has 2 nitrogen and oxygen atoms in total. The predicted octanol–water partition coefficient (Wildman–Crippen LogP) is 1.84. The number of nitrogens with zero attached hydrogens (tertiary/aromatic N) is 1. The van der Waals surface area contributed by atoms with Crippen LogP contribution in [-0.4, -0.2) is 19.8 Å². The normalized spacial score (nSPS) is 14.0. The summed E-state index contributed by atoms with van der Waals surface area (Å²) in [6.45, 7) is 6.30. The summed E-state index contributed by atoms with van der Waals surface area (Å²) in [7, 11) is 3.75. The van der Waals surface area contributed by atoms with Crippen LogP contribution in [0.2, 0.25) is 0 Å². The summed E-state index contributed by atoms with van der Waals surface area (Å²) >= 11 is 0. The molecule has 0 fully saturated rings. The van der Waals surface area contributed by atoms with Gasteiger partial charge in [-0.15, -0.1) is 0 Å². The van der Waals surface area contributed by atoms with Crippen LogP contribution in [0.5, 0.6) is 0 Å². The van der Waals surface area contributed by atoms with Gasteiger partial charge in [-0.3, -0.25) is 4.99 Å². The number of allylic oxidation sites excluding steroid dienone is 2. The van der Waals surface area contributed by atoms with Gasteiger partial charge in [0.2, 0.25) is 0 Å². The zero-order chi connectivity index (χ0) is 8.85. The molecule has 0 atom stereocenters. The van der Waals surface area contributed by atoms with E-state index in [2.05, 4.69) is 24.2 Å². The topological polar surface area (TPSA) is 24.4 Å². The maximum atomic E-state index is 4.22. The summed E-state index contributed by atoms with van der Waals surface area (Å²) in [6, 6.07) is 0. The lowest BCUT2D eigenvalue weighted by Gasteiger charge is -2.12. The molecule has 0 aromatic heterocycles. The van der Waals surface area contributed by atoms with Crippen LogP contribution >= 0.6 is 0 Å². The van der Waals surface area contributed by atoms with Crippen molar-refractivity contribution in [2.75, 3.05) is 14.1 Å². The molecule has 0 radical (unpaired) electrons. The molecule has 11 heavy (non-hydrogen) atoms. The van der Waals surface area contributed by atoms with E-state index in [1.807, 2.05) is 27.1 Å². The third-order valence-electron chi connectivity index (χ3n) is 1.62. The smallest absolute Gasteiger partial charge is 0.0597 e. The first-order chi connectivity index (χ1) is 5.17. The van der Waals surface area contributed by atoms with Crippen molar-refractivity contribution in [3.05, 3.63) is 11.8 Å². The highest BCUT2D eigenvalue weighted by Crippen LogP contribution is 2.04. The van der Waals surface area contributed by atoms with Crippen molar-refractivity contribution in [2.24, 2.45) is 10.9 Å². The maximum absolute atomic E-state index is 4.22. The molecule has 0 aliphatic carbocycles. The minimum Gasteiger partial charge on any atom is -0.387 e. The molecule has 0 aromatic carbocycles. The van der Waals surface area contributed by atoms with E-state index in [9.17, 15) is 0 Å². The second-order valence-electron chi connectivity index (χ2n) is 2.72. The first-order valence-electron chi connectivity index (χ1n) is 3.98. The molecule has 0 aliphatic rings. The van der Waals surface area contributed by atoms with Crippen LogP contribution in [0.3, 0.4) is 0 Å². The molecule has 0 saturated heterocycles. The van der Waals surface area contributed by atoms with Crippen molar-refractivity contribution >= 4 is 5.71 Å². The quantitative estimate of drug-likeness (QED) is 0.616. The van der Waals surface area contributed by atoms with E-state index in [1.54, 1.807) is 0 Å². The van der Waals surface area contributed by atoms with Crippen LogP contribution in [0.1, 0.15) is 20.8 Å². The van der Waals surface area contributed by atoms with Gasteiger partial charge >= 0.3 is 0 Å². The average Bonchev–Trinajstić information content (AvgIpc) is 1.99. The van der Waals surface area contributed by atoms with Gasteiger partial charge in [0.15, 0.2) is 0 Å². The van der Waals surface area contributed by atoms with Crippen LogP contribution in [0.4, 0.5) is 0 Å². The largest absolute Gasteiger partial charge is 0.387 e. The second-order valence-corrected chi connectivity index (χ2v) is 2.72. The average molecular weight is 154 g/mol. The Bertz CT molecular complexity index is 166. The Balaban J connectivity index is 4.51. The van der Waals surface area contributed by atoms with Gasteiger partial charge in [0.05, 0.1) is 11.4 Å². The minimum atomic E-state index is 0.485. The molecule has 2 heteroatoms. The molecule has 0 rings (SSSR count). The van der Waals surface area contributed by atoms with Crippen LogP contribution in [0.15, 0.2) is 16.8 Å². The van der Waals surface area contributed by atoms with Gasteiger partial charge in [-0.25, -0.2) is 0 Å². The molecule has 0 bridgehead atoms. The summed E-state index contributed by atoms with van der Waals surface area (Å²) in [5.41, 5.74) is 2.26. The fraction of sp³-hybridized carbons (Fsp3) is 0.667. The molecule has 0 amide bonds. The number of nitrogens with one attached hydrogen (secondary N) is 1. The van der Waals surface area contributed by atoms with Crippen molar-refractivity contribution in [2.45, 2.75) is 20.8 Å². The third kappa shape index (κ3) is 2.74. The lowest BCUT2D eigenvalue weighted by molar-refractivity contribution is 0.859. The second kappa shape index (κ2) is 4.94. The van der Waals surface area contributed by atoms with Crippen molar-refractivity contribution in [3.8, 4) is 0 Å². The van der Waals surface area contributed by atoms with E-state index >= 15 is 0 Å². The SMILES string of the molecule is C/C=C(/NC)C(=NC)C(C)C. The lowest BCUT2D eigenvalue weighted by Crippen LogP contribution is -2.20. The standard InChI is InChI=1S/C9H18N2/c1-6-8(10-4)9(11-5)7(2)3/h6-7,10H,1-5H3/b8-6+,11-9?. The van der Waals surface area contributed by atoms with Crippen molar-refractivity contribution in [3.63, 3.8) is 0 Å². The number of hydrogen-bond donors (Lipinski definition) is 1. The fourth-order valence-electron chi connectivity index (χ4n) is 1.11. The van der Waals surface area contributed by atoms with Crippen molar-refractivity contribution in [1.29, 1.82) is 0 Å². The Hall–Kier alpha value is -0.790.